The van der Waals surface area contributed by atoms with E-state index < -0.39 is 0 Å². The lowest BCUT2D eigenvalue weighted by Gasteiger charge is -1.99. The van der Waals surface area contributed by atoms with Crippen molar-refractivity contribution in [1.29, 1.82) is 0 Å². The molecule has 0 saturated carbocycles. The number of hydrogen-bond acceptors (Lipinski definition) is 2. The molecule has 11 heavy (non-hydrogen) atoms. The molecule has 0 aromatic heterocycles. The number of nitrogens with zero attached hydrogens (tertiary/aromatic N) is 1. The molecule has 0 radical (unpaired) electrons. The third-order valence-corrected chi connectivity index (χ3v) is 1.59. The van der Waals surface area contributed by atoms with E-state index in [0.29, 0.717) is 0 Å². The van der Waals surface area contributed by atoms with Crippen LogP contribution >= 0.6 is 0 Å². The van der Waals surface area contributed by atoms with E-state index in [9.17, 15) is 0 Å². The lowest BCUT2D eigenvalue weighted by molar-refractivity contribution is 0.606. The van der Waals surface area contributed by atoms with Gasteiger partial charge in [0.25, 0.3) is 0 Å². The van der Waals surface area contributed by atoms with Gasteiger partial charge in [-0.25, -0.2) is 0 Å². The minimum Gasteiger partial charge on any atom is -0.298 e. The number of nitrogens with one attached hydrogen (secondary N) is 1. The van der Waals surface area contributed by atoms with Crippen LogP contribution in [0.2, 0.25) is 0 Å². The van der Waals surface area contributed by atoms with Gasteiger partial charge in [0.1, 0.15) is 0 Å². The smallest absolute Gasteiger partial charge is 0.0880 e. The highest BCUT2D eigenvalue weighted by Crippen LogP contribution is 1.96. The number of unbranched alkanes of at least 4 members (excludes halogenated alkanes) is 3. The molecule has 0 saturated heterocycles. The molecule has 0 spiro atoms. The van der Waals surface area contributed by atoms with Gasteiger partial charge in [-0.3, -0.25) is 10.3 Å². The highest BCUT2D eigenvalue weighted by atomic mass is 15.0. The molecule has 0 bridgehead atoms. The lowest BCUT2D eigenvalue weighted by atomic mass is 10.2. The summed E-state index contributed by atoms with van der Waals surface area (Å²) in [4.78, 5) is 4.05. The molecule has 0 atom stereocenters. The van der Waals surface area contributed by atoms with E-state index in [2.05, 4.69) is 17.2 Å². The Morgan fingerprint density at radius 2 is 2.09 bits per heavy atom. The Balaban J connectivity index is 2.79. The average molecular weight is 156 g/mol. The molecule has 2 heteroatoms. The van der Waals surface area contributed by atoms with Crippen LogP contribution in [0.1, 0.15) is 39.5 Å². The van der Waals surface area contributed by atoms with Crippen molar-refractivity contribution in [2.45, 2.75) is 39.5 Å². The number of rotatable bonds is 7. The molecule has 0 aliphatic rings. The fourth-order valence-corrected chi connectivity index (χ4v) is 0.912. The van der Waals surface area contributed by atoms with Crippen molar-refractivity contribution >= 4 is 6.21 Å². The van der Waals surface area contributed by atoms with Crippen LogP contribution in [0.15, 0.2) is 4.99 Å². The summed E-state index contributed by atoms with van der Waals surface area (Å²) in [5, 5.41) is 3.25. The molecular weight excluding hydrogens is 136 g/mol. The summed E-state index contributed by atoms with van der Waals surface area (Å²) < 4.78 is 0. The molecule has 0 aliphatic carbocycles. The van der Waals surface area contributed by atoms with Crippen molar-refractivity contribution in [1.82, 2.24) is 5.32 Å². The fraction of sp³-hybridized carbons (Fsp3) is 0.889. The van der Waals surface area contributed by atoms with Gasteiger partial charge in [0.2, 0.25) is 0 Å². The highest BCUT2D eigenvalue weighted by molar-refractivity contribution is 5.52. The molecule has 0 heterocycles. The van der Waals surface area contributed by atoms with Crippen LogP contribution in [-0.2, 0) is 0 Å². The third kappa shape index (κ3) is 9.63. The number of aliphatic imine (C=N–C) groups is 1. The monoisotopic (exact) mass is 156 g/mol. The van der Waals surface area contributed by atoms with Crippen LogP contribution in [0, 0.1) is 0 Å². The quantitative estimate of drug-likeness (QED) is 0.443. The molecule has 2 nitrogen and oxygen atoms in total. The molecule has 0 fully saturated rings. The van der Waals surface area contributed by atoms with E-state index in [1.54, 1.807) is 0 Å². The zero-order valence-corrected chi connectivity index (χ0v) is 7.77. The fourth-order valence-electron chi connectivity index (χ4n) is 0.912. The van der Waals surface area contributed by atoms with Gasteiger partial charge in [-0.05, 0) is 26.1 Å². The first-order valence-electron chi connectivity index (χ1n) is 4.57. The summed E-state index contributed by atoms with van der Waals surface area (Å²) in [6.07, 6.45) is 7.14. The van der Waals surface area contributed by atoms with Gasteiger partial charge in [0.05, 0.1) is 6.67 Å². The maximum Gasteiger partial charge on any atom is 0.0880 e. The first kappa shape index (κ1) is 10.6. The van der Waals surface area contributed by atoms with Crippen LogP contribution in [0.3, 0.4) is 0 Å². The zero-order valence-electron chi connectivity index (χ0n) is 7.77. The van der Waals surface area contributed by atoms with E-state index in [4.69, 9.17) is 0 Å². The van der Waals surface area contributed by atoms with Crippen LogP contribution in [-0.4, -0.2) is 19.4 Å². The first-order chi connectivity index (χ1) is 5.41. The molecule has 1 N–H and O–H groups in total. The predicted molar refractivity (Wildman–Crippen MR) is 51.2 cm³/mol. The summed E-state index contributed by atoms with van der Waals surface area (Å²) in [5.74, 6) is 0. The van der Waals surface area contributed by atoms with Crippen LogP contribution in [0.5, 0.6) is 0 Å². The Kier molecular flexibility index (Phi) is 9.31. The molecule has 66 valence electrons. The van der Waals surface area contributed by atoms with E-state index in [1.807, 2.05) is 13.1 Å². The van der Waals surface area contributed by atoms with Crippen molar-refractivity contribution in [3.63, 3.8) is 0 Å². The molecule has 0 aromatic carbocycles. The first-order valence-corrected chi connectivity index (χ1v) is 4.57. The lowest BCUT2D eigenvalue weighted by Crippen LogP contribution is -2.14. The van der Waals surface area contributed by atoms with Gasteiger partial charge in [-0.15, -0.1) is 0 Å². The topological polar surface area (TPSA) is 24.4 Å². The van der Waals surface area contributed by atoms with Crippen molar-refractivity contribution < 1.29 is 0 Å². The predicted octanol–water partition coefficient (Wildman–Crippen LogP) is 2.20. The Morgan fingerprint density at radius 1 is 1.27 bits per heavy atom. The summed E-state index contributed by atoms with van der Waals surface area (Å²) in [6.45, 7) is 6.06. The Hall–Kier alpha value is -0.370. The number of hydrogen-bond donors (Lipinski definition) is 1. The molecule has 0 rings (SSSR count). The normalized spacial score (nSPS) is 11.1. The summed E-state index contributed by atoms with van der Waals surface area (Å²) in [7, 11) is 0. The van der Waals surface area contributed by atoms with Gasteiger partial charge >= 0.3 is 0 Å². The SMILES string of the molecule is CC=NCNCCCCCC. The van der Waals surface area contributed by atoms with Gasteiger partial charge in [-0.2, -0.15) is 0 Å². The van der Waals surface area contributed by atoms with Crippen molar-refractivity contribution in [3.8, 4) is 0 Å². The Morgan fingerprint density at radius 3 is 2.73 bits per heavy atom. The van der Waals surface area contributed by atoms with Crippen molar-refractivity contribution in [2.75, 3.05) is 13.2 Å². The summed E-state index contributed by atoms with van der Waals surface area (Å²) in [6, 6.07) is 0. The van der Waals surface area contributed by atoms with E-state index >= 15 is 0 Å². The standard InChI is InChI=1S/C9H20N2/c1-3-5-6-7-8-11-9-10-4-2/h4,11H,3,5-9H2,1-2H3. The zero-order chi connectivity index (χ0) is 8.36. The second-order valence-electron chi connectivity index (χ2n) is 2.66. The average Bonchev–Trinajstić information content (AvgIpc) is 2.03. The van der Waals surface area contributed by atoms with E-state index in [0.717, 1.165) is 13.2 Å². The molecular formula is C9H20N2. The second kappa shape index (κ2) is 9.63. The molecule has 0 amide bonds. The third-order valence-electron chi connectivity index (χ3n) is 1.59. The Labute approximate surface area is 70.1 Å². The van der Waals surface area contributed by atoms with Gasteiger partial charge in [0.15, 0.2) is 0 Å². The maximum absolute atomic E-state index is 4.05. The van der Waals surface area contributed by atoms with Gasteiger partial charge < -0.3 is 0 Å². The van der Waals surface area contributed by atoms with Crippen LogP contribution in [0.25, 0.3) is 0 Å². The summed E-state index contributed by atoms with van der Waals surface area (Å²) >= 11 is 0. The van der Waals surface area contributed by atoms with E-state index in [1.165, 1.54) is 25.7 Å². The van der Waals surface area contributed by atoms with Crippen LogP contribution < -0.4 is 5.32 Å². The minimum atomic E-state index is 0.780. The second-order valence-corrected chi connectivity index (χ2v) is 2.66. The van der Waals surface area contributed by atoms with Crippen molar-refractivity contribution in [3.05, 3.63) is 0 Å². The maximum atomic E-state index is 4.05. The van der Waals surface area contributed by atoms with Gasteiger partial charge in [-0.1, -0.05) is 26.2 Å². The molecule has 0 aromatic rings. The van der Waals surface area contributed by atoms with Crippen LogP contribution in [0.4, 0.5) is 0 Å². The van der Waals surface area contributed by atoms with Crippen molar-refractivity contribution in [2.24, 2.45) is 4.99 Å². The molecule has 0 aliphatic heterocycles. The largest absolute Gasteiger partial charge is 0.298 e. The summed E-state index contributed by atoms with van der Waals surface area (Å²) in [5.41, 5.74) is 0. The minimum absolute atomic E-state index is 0.780. The van der Waals surface area contributed by atoms with Gasteiger partial charge in [0, 0.05) is 0 Å². The highest BCUT2D eigenvalue weighted by Gasteiger charge is 1.85. The Bertz CT molecular complexity index is 89.6. The van der Waals surface area contributed by atoms with E-state index in [-0.39, 0.29) is 0 Å². The molecule has 0 unspecified atom stereocenters.